The molecule has 0 saturated heterocycles. The van der Waals surface area contributed by atoms with Gasteiger partial charge in [-0.25, -0.2) is 13.4 Å². The SMILES string of the molecule is COc1ncccc1S(=O)(=O)Nc1ccccc1. The number of benzene rings is 1. The molecule has 18 heavy (non-hydrogen) atoms. The number of aromatic nitrogens is 1. The number of nitrogens with one attached hydrogen (secondary N) is 1. The molecule has 0 bridgehead atoms. The summed E-state index contributed by atoms with van der Waals surface area (Å²) in [6.45, 7) is 0. The van der Waals surface area contributed by atoms with Crippen LogP contribution in [0.4, 0.5) is 5.69 Å². The average Bonchev–Trinajstić information content (AvgIpc) is 2.39. The van der Waals surface area contributed by atoms with Gasteiger partial charge in [0.25, 0.3) is 10.0 Å². The summed E-state index contributed by atoms with van der Waals surface area (Å²) in [5.74, 6) is 0.0703. The summed E-state index contributed by atoms with van der Waals surface area (Å²) in [6, 6.07) is 11.6. The van der Waals surface area contributed by atoms with Crippen LogP contribution in [0.25, 0.3) is 0 Å². The molecular formula is C12H12N2O3S. The average molecular weight is 264 g/mol. The highest BCUT2D eigenvalue weighted by molar-refractivity contribution is 7.92. The number of methoxy groups -OCH3 is 1. The largest absolute Gasteiger partial charge is 0.480 e. The van der Waals surface area contributed by atoms with Gasteiger partial charge in [0.1, 0.15) is 4.90 Å². The molecule has 0 amide bonds. The van der Waals surface area contributed by atoms with Gasteiger partial charge < -0.3 is 4.74 Å². The fraction of sp³-hybridized carbons (Fsp3) is 0.0833. The third-order valence-electron chi connectivity index (χ3n) is 2.25. The number of sulfonamides is 1. The first-order chi connectivity index (χ1) is 8.63. The van der Waals surface area contributed by atoms with Crippen LogP contribution in [0.3, 0.4) is 0 Å². The number of pyridine rings is 1. The van der Waals surface area contributed by atoms with E-state index in [1.54, 1.807) is 30.3 Å². The van der Waals surface area contributed by atoms with Gasteiger partial charge >= 0.3 is 0 Å². The first-order valence-corrected chi connectivity index (χ1v) is 6.68. The smallest absolute Gasteiger partial charge is 0.267 e. The van der Waals surface area contributed by atoms with Crippen molar-refractivity contribution in [1.29, 1.82) is 0 Å². The molecule has 0 atom stereocenters. The first-order valence-electron chi connectivity index (χ1n) is 5.20. The van der Waals surface area contributed by atoms with Gasteiger partial charge in [-0.3, -0.25) is 4.72 Å². The van der Waals surface area contributed by atoms with Crippen LogP contribution in [-0.2, 0) is 10.0 Å². The molecule has 5 nitrogen and oxygen atoms in total. The Labute approximate surface area is 105 Å². The molecule has 0 radical (unpaired) electrons. The third kappa shape index (κ3) is 2.60. The van der Waals surface area contributed by atoms with Gasteiger partial charge in [-0.1, -0.05) is 18.2 Å². The number of ether oxygens (including phenoxy) is 1. The Balaban J connectivity index is 2.37. The molecule has 0 saturated carbocycles. The number of hydrogen-bond acceptors (Lipinski definition) is 4. The molecule has 0 aliphatic rings. The van der Waals surface area contributed by atoms with Crippen LogP contribution >= 0.6 is 0 Å². The Kier molecular flexibility index (Phi) is 3.47. The molecule has 0 aliphatic carbocycles. The fourth-order valence-electron chi connectivity index (χ4n) is 1.45. The van der Waals surface area contributed by atoms with E-state index >= 15 is 0 Å². The number of nitrogens with zero attached hydrogens (tertiary/aromatic N) is 1. The molecule has 94 valence electrons. The number of hydrogen-bond donors (Lipinski definition) is 1. The zero-order chi connectivity index (χ0) is 13.0. The van der Waals surface area contributed by atoms with Gasteiger partial charge in [-0.15, -0.1) is 0 Å². The molecule has 1 aromatic heterocycles. The second-order valence-electron chi connectivity index (χ2n) is 3.48. The highest BCUT2D eigenvalue weighted by Crippen LogP contribution is 2.22. The predicted molar refractivity (Wildman–Crippen MR) is 68.0 cm³/mol. The predicted octanol–water partition coefficient (Wildman–Crippen LogP) is 1.89. The van der Waals surface area contributed by atoms with Gasteiger partial charge in [0.2, 0.25) is 5.88 Å². The zero-order valence-electron chi connectivity index (χ0n) is 9.70. The maximum absolute atomic E-state index is 12.2. The number of anilines is 1. The van der Waals surface area contributed by atoms with Crippen molar-refractivity contribution in [3.05, 3.63) is 48.7 Å². The Morgan fingerprint density at radius 3 is 2.50 bits per heavy atom. The topological polar surface area (TPSA) is 68.3 Å². The van der Waals surface area contributed by atoms with Crippen molar-refractivity contribution in [2.24, 2.45) is 0 Å². The quantitative estimate of drug-likeness (QED) is 0.915. The van der Waals surface area contributed by atoms with Crippen LogP contribution < -0.4 is 9.46 Å². The summed E-state index contributed by atoms with van der Waals surface area (Å²) < 4.78 is 31.7. The van der Waals surface area contributed by atoms with E-state index in [0.717, 1.165) is 0 Å². The second kappa shape index (κ2) is 5.05. The van der Waals surface area contributed by atoms with Crippen molar-refractivity contribution >= 4 is 15.7 Å². The monoisotopic (exact) mass is 264 g/mol. The molecule has 6 heteroatoms. The molecule has 1 aromatic carbocycles. The van der Waals surface area contributed by atoms with Crippen LogP contribution in [0.15, 0.2) is 53.6 Å². The van der Waals surface area contributed by atoms with Gasteiger partial charge in [0.15, 0.2) is 0 Å². The lowest BCUT2D eigenvalue weighted by Crippen LogP contribution is -2.14. The summed E-state index contributed by atoms with van der Waals surface area (Å²) in [4.78, 5) is 3.87. The molecule has 1 N–H and O–H groups in total. The van der Waals surface area contributed by atoms with Crippen LogP contribution in [-0.4, -0.2) is 20.5 Å². The number of para-hydroxylation sites is 1. The Bertz CT molecular complexity index is 627. The standard InChI is InChI=1S/C12H12N2O3S/c1-17-12-11(8-5-9-13-12)18(15,16)14-10-6-3-2-4-7-10/h2-9,14H,1H3. The maximum atomic E-state index is 12.2. The molecule has 0 unspecified atom stereocenters. The maximum Gasteiger partial charge on any atom is 0.267 e. The lowest BCUT2D eigenvalue weighted by Gasteiger charge is -2.10. The van der Waals surface area contributed by atoms with E-state index in [1.807, 2.05) is 6.07 Å². The Morgan fingerprint density at radius 2 is 1.83 bits per heavy atom. The van der Waals surface area contributed by atoms with Gasteiger partial charge in [-0.2, -0.15) is 0 Å². The van der Waals surface area contributed by atoms with Gasteiger partial charge in [-0.05, 0) is 24.3 Å². The lowest BCUT2D eigenvalue weighted by molar-refractivity contribution is 0.385. The molecular weight excluding hydrogens is 252 g/mol. The molecule has 2 aromatic rings. The molecule has 0 fully saturated rings. The lowest BCUT2D eigenvalue weighted by atomic mass is 10.3. The van der Waals surface area contributed by atoms with E-state index in [9.17, 15) is 8.42 Å². The van der Waals surface area contributed by atoms with Crippen LogP contribution in [0.1, 0.15) is 0 Å². The second-order valence-corrected chi connectivity index (χ2v) is 5.13. The third-order valence-corrected chi connectivity index (χ3v) is 3.64. The van der Waals surface area contributed by atoms with Crippen molar-refractivity contribution in [3.8, 4) is 5.88 Å². The minimum Gasteiger partial charge on any atom is -0.480 e. The molecule has 2 rings (SSSR count). The summed E-state index contributed by atoms with van der Waals surface area (Å²) in [7, 11) is -2.31. The highest BCUT2D eigenvalue weighted by Gasteiger charge is 2.19. The summed E-state index contributed by atoms with van der Waals surface area (Å²) in [6.07, 6.45) is 1.47. The zero-order valence-corrected chi connectivity index (χ0v) is 10.5. The summed E-state index contributed by atoms with van der Waals surface area (Å²) >= 11 is 0. The summed E-state index contributed by atoms with van der Waals surface area (Å²) in [5.41, 5.74) is 0.489. The van der Waals surface area contributed by atoms with E-state index < -0.39 is 10.0 Å². The van der Waals surface area contributed by atoms with Crippen LogP contribution in [0, 0.1) is 0 Å². The van der Waals surface area contributed by atoms with Crippen molar-refractivity contribution in [2.75, 3.05) is 11.8 Å². The minimum absolute atomic E-state index is 0.0105. The van der Waals surface area contributed by atoms with Crippen LogP contribution in [0.2, 0.25) is 0 Å². The van der Waals surface area contributed by atoms with Crippen molar-refractivity contribution in [2.45, 2.75) is 4.90 Å². The van der Waals surface area contributed by atoms with E-state index in [0.29, 0.717) is 5.69 Å². The summed E-state index contributed by atoms with van der Waals surface area (Å²) in [5, 5.41) is 0. The van der Waals surface area contributed by atoms with E-state index in [1.165, 1.54) is 19.4 Å². The fourth-order valence-corrected chi connectivity index (χ4v) is 2.63. The minimum atomic E-state index is -3.69. The normalized spacial score (nSPS) is 10.9. The van der Waals surface area contributed by atoms with E-state index in [-0.39, 0.29) is 10.8 Å². The highest BCUT2D eigenvalue weighted by atomic mass is 32.2. The number of rotatable bonds is 4. The van der Waals surface area contributed by atoms with E-state index in [2.05, 4.69) is 9.71 Å². The Morgan fingerprint density at radius 1 is 1.11 bits per heavy atom. The van der Waals surface area contributed by atoms with E-state index in [4.69, 9.17) is 4.74 Å². The van der Waals surface area contributed by atoms with Crippen molar-refractivity contribution in [3.63, 3.8) is 0 Å². The van der Waals surface area contributed by atoms with Crippen molar-refractivity contribution in [1.82, 2.24) is 4.98 Å². The molecule has 0 spiro atoms. The van der Waals surface area contributed by atoms with Crippen molar-refractivity contribution < 1.29 is 13.2 Å². The first kappa shape index (κ1) is 12.4. The molecule has 0 aliphatic heterocycles. The van der Waals surface area contributed by atoms with Gasteiger partial charge in [0.05, 0.1) is 7.11 Å². The Hall–Kier alpha value is -2.08. The van der Waals surface area contributed by atoms with Crippen LogP contribution in [0.5, 0.6) is 5.88 Å². The van der Waals surface area contributed by atoms with Gasteiger partial charge in [0, 0.05) is 11.9 Å². The molecule has 1 heterocycles.